The second-order valence-electron chi connectivity index (χ2n) is 6.99. The third-order valence-corrected chi connectivity index (χ3v) is 4.66. The van der Waals surface area contributed by atoms with Crippen LogP contribution in [0, 0.1) is 0 Å². The van der Waals surface area contributed by atoms with E-state index in [1.165, 1.54) is 0 Å². The van der Waals surface area contributed by atoms with Crippen LogP contribution in [0.1, 0.15) is 71.6 Å². The van der Waals surface area contributed by atoms with Gasteiger partial charge < -0.3 is 4.74 Å². The fourth-order valence-corrected chi connectivity index (χ4v) is 3.47. The lowest BCUT2D eigenvalue weighted by Crippen LogP contribution is -2.51. The highest BCUT2D eigenvalue weighted by Gasteiger charge is 2.55. The molecule has 0 unspecified atom stereocenters. The summed E-state index contributed by atoms with van der Waals surface area (Å²) in [7, 11) is 0. The van der Waals surface area contributed by atoms with Gasteiger partial charge in [-0.3, -0.25) is 10.1 Å². The Bertz CT molecular complexity index is 374. The molecule has 128 valence electrons. The van der Waals surface area contributed by atoms with Crippen molar-refractivity contribution in [2.75, 3.05) is 6.61 Å². The summed E-state index contributed by atoms with van der Waals surface area (Å²) in [6, 6.07) is 0. The lowest BCUT2D eigenvalue weighted by atomic mass is 9.82. The van der Waals surface area contributed by atoms with Crippen LogP contribution >= 0.6 is 0 Å². The molecule has 2 heterocycles. The second-order valence-corrected chi connectivity index (χ2v) is 6.99. The van der Waals surface area contributed by atoms with Crippen LogP contribution in [0.5, 0.6) is 0 Å². The van der Waals surface area contributed by atoms with Crippen molar-refractivity contribution in [2.24, 2.45) is 0 Å². The minimum absolute atomic E-state index is 0.202. The average Bonchev–Trinajstić information content (AvgIpc) is 2.74. The maximum atomic E-state index is 11.5. The highest BCUT2D eigenvalue weighted by atomic mass is 17.2. The van der Waals surface area contributed by atoms with Gasteiger partial charge >= 0.3 is 5.97 Å². The molecule has 0 amide bonds. The lowest BCUT2D eigenvalue weighted by Gasteiger charge is -2.43. The first-order valence-corrected chi connectivity index (χ1v) is 8.30. The first-order chi connectivity index (χ1) is 10.5. The van der Waals surface area contributed by atoms with Gasteiger partial charge in [0.05, 0.1) is 13.0 Å². The fourth-order valence-electron chi connectivity index (χ4n) is 3.47. The van der Waals surface area contributed by atoms with Gasteiger partial charge in [-0.25, -0.2) is 14.7 Å². The van der Waals surface area contributed by atoms with Gasteiger partial charge in [-0.05, 0) is 26.7 Å². The molecule has 2 aliphatic heterocycles. The molecule has 6 nitrogen and oxygen atoms in total. The van der Waals surface area contributed by atoms with Crippen molar-refractivity contribution >= 4 is 5.97 Å². The normalized spacial score (nSPS) is 34.5. The molecule has 1 N–H and O–H groups in total. The van der Waals surface area contributed by atoms with E-state index in [9.17, 15) is 4.79 Å². The molecule has 3 atom stereocenters. The molecule has 0 bridgehead atoms. The number of hydrogen-bond donors (Lipinski definition) is 1. The quantitative estimate of drug-likeness (QED) is 0.304. The number of carbonyl (C=O) groups is 1. The van der Waals surface area contributed by atoms with E-state index < -0.39 is 5.60 Å². The minimum atomic E-state index is -0.547. The predicted octanol–water partition coefficient (Wildman–Crippen LogP) is 3.39. The van der Waals surface area contributed by atoms with Crippen LogP contribution in [-0.4, -0.2) is 35.1 Å². The van der Waals surface area contributed by atoms with Crippen molar-refractivity contribution in [3.8, 4) is 0 Å². The van der Waals surface area contributed by atoms with Crippen molar-refractivity contribution in [1.82, 2.24) is 0 Å². The van der Waals surface area contributed by atoms with Gasteiger partial charge in [0.2, 0.25) is 0 Å². The predicted molar refractivity (Wildman–Crippen MR) is 79.0 cm³/mol. The molecule has 2 saturated heterocycles. The maximum absolute atomic E-state index is 11.5. The number of esters is 1. The second kappa shape index (κ2) is 7.73. The topological polar surface area (TPSA) is 74.2 Å². The van der Waals surface area contributed by atoms with Crippen LogP contribution in [0.4, 0.5) is 0 Å². The van der Waals surface area contributed by atoms with Crippen LogP contribution in [0.3, 0.4) is 0 Å². The van der Waals surface area contributed by atoms with Crippen molar-refractivity contribution in [3.63, 3.8) is 0 Å². The highest BCUT2D eigenvalue weighted by Crippen LogP contribution is 2.44. The smallest absolute Gasteiger partial charge is 0.309 e. The molecule has 0 spiro atoms. The van der Waals surface area contributed by atoms with Gasteiger partial charge in [0.25, 0.3) is 0 Å². The molecule has 2 aliphatic rings. The van der Waals surface area contributed by atoms with Gasteiger partial charge in [-0.2, -0.15) is 0 Å². The Morgan fingerprint density at radius 1 is 1.18 bits per heavy atom. The molecule has 0 radical (unpaired) electrons. The Balaban J connectivity index is 1.64. The summed E-state index contributed by atoms with van der Waals surface area (Å²) in [5, 5.41) is 8.22. The van der Waals surface area contributed by atoms with Crippen molar-refractivity contribution in [3.05, 3.63) is 0 Å². The van der Waals surface area contributed by atoms with Gasteiger partial charge in [0.1, 0.15) is 17.3 Å². The van der Waals surface area contributed by atoms with Gasteiger partial charge in [-0.15, -0.1) is 0 Å². The number of unbranched alkanes of at least 4 members (excludes halogenated alkanes) is 5. The zero-order valence-electron chi connectivity index (χ0n) is 13.6. The first-order valence-electron chi connectivity index (χ1n) is 8.30. The largest absolute Gasteiger partial charge is 0.456 e. The molecule has 0 saturated carbocycles. The van der Waals surface area contributed by atoms with Crippen molar-refractivity contribution in [1.29, 1.82) is 0 Å². The van der Waals surface area contributed by atoms with E-state index in [1.807, 2.05) is 13.8 Å². The Hall–Kier alpha value is -0.690. The summed E-state index contributed by atoms with van der Waals surface area (Å²) in [4.78, 5) is 26.5. The number of hydrogen-bond acceptors (Lipinski definition) is 6. The molecule has 2 fully saturated rings. The molecule has 22 heavy (non-hydrogen) atoms. The first kappa shape index (κ1) is 17.7. The van der Waals surface area contributed by atoms with Crippen LogP contribution in [0.2, 0.25) is 0 Å². The summed E-state index contributed by atoms with van der Waals surface area (Å²) in [5.41, 5.74) is -0.936. The lowest BCUT2D eigenvalue weighted by molar-refractivity contribution is -0.428. The molecular formula is C16H28O6. The van der Waals surface area contributed by atoms with E-state index in [4.69, 9.17) is 19.8 Å². The molecule has 6 heteroatoms. The summed E-state index contributed by atoms with van der Waals surface area (Å²) < 4.78 is 5.45. The molecule has 0 aromatic carbocycles. The molecule has 0 aliphatic carbocycles. The molecule has 0 aromatic heterocycles. The zero-order valence-corrected chi connectivity index (χ0v) is 13.6. The van der Waals surface area contributed by atoms with E-state index in [0.29, 0.717) is 13.0 Å². The molecule has 0 aromatic rings. The third-order valence-electron chi connectivity index (χ3n) is 4.66. The van der Waals surface area contributed by atoms with Gasteiger partial charge in [0.15, 0.2) is 0 Å². The SMILES string of the molecule is C[C@]1(CCCCCCCCOO)C[C@@]2(C)OC(=O)C[C@H]2OO1. The van der Waals surface area contributed by atoms with Crippen LogP contribution < -0.4 is 0 Å². The van der Waals surface area contributed by atoms with E-state index in [-0.39, 0.29) is 24.1 Å². The monoisotopic (exact) mass is 316 g/mol. The Kier molecular flexibility index (Phi) is 6.20. The number of ether oxygens (including phenoxy) is 1. The number of fused-ring (bicyclic) bond motifs is 1. The highest BCUT2D eigenvalue weighted by molar-refractivity contribution is 5.73. The van der Waals surface area contributed by atoms with Crippen LogP contribution in [0.25, 0.3) is 0 Å². The van der Waals surface area contributed by atoms with Crippen molar-refractivity contribution < 1.29 is 29.5 Å². The average molecular weight is 316 g/mol. The van der Waals surface area contributed by atoms with Crippen LogP contribution in [-0.2, 0) is 24.2 Å². The summed E-state index contributed by atoms with van der Waals surface area (Å²) in [6.45, 7) is 4.38. The summed E-state index contributed by atoms with van der Waals surface area (Å²) in [6.07, 6.45) is 8.07. The van der Waals surface area contributed by atoms with E-state index >= 15 is 0 Å². The standard InChI is InChI=1S/C16H28O6/c1-15(9-7-5-3-4-6-8-10-19-18)12-16(2)13(21-22-15)11-14(17)20-16/h13,18H,3-12H2,1-2H3/t13-,15+,16-/m1/s1. The Morgan fingerprint density at radius 2 is 1.86 bits per heavy atom. The van der Waals surface area contributed by atoms with Crippen molar-refractivity contribution in [2.45, 2.75) is 88.9 Å². The summed E-state index contributed by atoms with van der Waals surface area (Å²) in [5.74, 6) is -0.202. The van der Waals surface area contributed by atoms with Gasteiger partial charge in [0, 0.05) is 6.42 Å². The fraction of sp³-hybridized carbons (Fsp3) is 0.938. The van der Waals surface area contributed by atoms with E-state index in [0.717, 1.165) is 44.9 Å². The van der Waals surface area contributed by atoms with Gasteiger partial charge in [-0.1, -0.05) is 32.1 Å². The Labute approximate surface area is 131 Å². The third kappa shape index (κ3) is 4.65. The Morgan fingerprint density at radius 3 is 2.59 bits per heavy atom. The maximum Gasteiger partial charge on any atom is 0.309 e. The van der Waals surface area contributed by atoms with E-state index in [2.05, 4.69) is 4.89 Å². The van der Waals surface area contributed by atoms with E-state index in [1.54, 1.807) is 0 Å². The molecule has 2 rings (SSSR count). The molecular weight excluding hydrogens is 288 g/mol. The van der Waals surface area contributed by atoms with Crippen LogP contribution in [0.15, 0.2) is 0 Å². The summed E-state index contributed by atoms with van der Waals surface area (Å²) >= 11 is 0. The number of rotatable bonds is 9. The number of carbonyl (C=O) groups excluding carboxylic acids is 1. The zero-order chi connectivity index (χ0) is 16.1. The minimum Gasteiger partial charge on any atom is -0.456 e.